The van der Waals surface area contributed by atoms with Crippen LogP contribution in [0.2, 0.25) is 0 Å². The minimum atomic E-state index is 0.144. The predicted octanol–water partition coefficient (Wildman–Crippen LogP) is 4.84. The number of nitrogens with zero attached hydrogens (tertiary/aromatic N) is 2. The van der Waals surface area contributed by atoms with E-state index in [1.165, 1.54) is 0 Å². The molecule has 4 nitrogen and oxygen atoms in total. The number of benzene rings is 2. The fourth-order valence-electron chi connectivity index (χ4n) is 2.80. The molecule has 0 radical (unpaired) electrons. The van der Waals surface area contributed by atoms with Crippen molar-refractivity contribution in [3.8, 4) is 34.1 Å². The van der Waals surface area contributed by atoms with Gasteiger partial charge in [-0.1, -0.05) is 24.3 Å². The topological polar surface area (TPSA) is 57.8 Å². The van der Waals surface area contributed by atoms with Crippen molar-refractivity contribution < 1.29 is 10.2 Å². The maximum Gasteiger partial charge on any atom is 0.149 e. The Morgan fingerprint density at radius 1 is 0.833 bits per heavy atom. The van der Waals surface area contributed by atoms with Gasteiger partial charge in [0.1, 0.15) is 23.0 Å². The van der Waals surface area contributed by atoms with Gasteiger partial charge in [-0.25, -0.2) is 4.98 Å². The number of pyridine rings is 1. The minimum Gasteiger partial charge on any atom is -0.507 e. The van der Waals surface area contributed by atoms with E-state index in [0.29, 0.717) is 27.1 Å². The van der Waals surface area contributed by atoms with Gasteiger partial charge in [-0.05, 0) is 52.3 Å². The highest BCUT2D eigenvalue weighted by Crippen LogP contribution is 2.39. The average Bonchev–Trinajstić information content (AvgIpc) is 2.97. The van der Waals surface area contributed by atoms with Crippen LogP contribution in [0.3, 0.4) is 0 Å². The summed E-state index contributed by atoms with van der Waals surface area (Å²) in [5.74, 6) is 0.932. The summed E-state index contributed by atoms with van der Waals surface area (Å²) in [7, 11) is 0. The maximum absolute atomic E-state index is 10.4. The Kier molecular flexibility index (Phi) is 3.50. The summed E-state index contributed by atoms with van der Waals surface area (Å²) in [6.45, 7) is 0. The van der Waals surface area contributed by atoms with Crippen molar-refractivity contribution in [2.45, 2.75) is 0 Å². The highest BCUT2D eigenvalue weighted by Gasteiger charge is 2.18. The number of phenols is 2. The van der Waals surface area contributed by atoms with Gasteiger partial charge in [-0.15, -0.1) is 0 Å². The van der Waals surface area contributed by atoms with Crippen molar-refractivity contribution >= 4 is 21.4 Å². The van der Waals surface area contributed by atoms with E-state index in [0.717, 1.165) is 5.52 Å². The molecule has 4 rings (SSSR count). The molecule has 0 aliphatic heterocycles. The molecule has 2 aromatic heterocycles. The molecule has 0 aliphatic rings. The molecule has 0 bridgehead atoms. The molecule has 2 heterocycles. The standard InChI is InChI=1S/C19H13BrN2O2/c20-14-8-5-7-13(18(14)24)17-15-9-3-4-11-22(15)19(21-17)12-6-1-2-10-16(12)23/h1-11,23-24H. The molecule has 0 unspecified atom stereocenters. The average molecular weight is 381 g/mol. The predicted molar refractivity (Wildman–Crippen MR) is 97.1 cm³/mol. The van der Waals surface area contributed by atoms with Crippen LogP contribution in [0.4, 0.5) is 0 Å². The molecule has 2 aromatic carbocycles. The Morgan fingerprint density at radius 3 is 2.42 bits per heavy atom. The molecule has 0 aliphatic carbocycles. The number of para-hydroxylation sites is 2. The smallest absolute Gasteiger partial charge is 0.149 e. The molecular weight excluding hydrogens is 368 g/mol. The fraction of sp³-hybridized carbons (Fsp3) is 0. The first kappa shape index (κ1) is 14.8. The van der Waals surface area contributed by atoms with Gasteiger partial charge < -0.3 is 10.2 Å². The molecule has 0 saturated heterocycles. The molecule has 24 heavy (non-hydrogen) atoms. The first-order chi connectivity index (χ1) is 11.7. The van der Waals surface area contributed by atoms with Crippen LogP contribution in [0.15, 0.2) is 71.3 Å². The number of aromatic hydroxyl groups is 2. The first-order valence-corrected chi connectivity index (χ1v) is 8.19. The Labute approximate surface area is 146 Å². The Hall–Kier alpha value is -2.79. The van der Waals surface area contributed by atoms with Gasteiger partial charge in [0, 0.05) is 11.8 Å². The van der Waals surface area contributed by atoms with E-state index >= 15 is 0 Å². The highest BCUT2D eigenvalue weighted by molar-refractivity contribution is 9.10. The Balaban J connectivity index is 2.06. The number of aromatic nitrogens is 2. The maximum atomic E-state index is 10.4. The zero-order chi connectivity index (χ0) is 16.7. The van der Waals surface area contributed by atoms with Gasteiger partial charge in [-0.2, -0.15) is 0 Å². The summed E-state index contributed by atoms with van der Waals surface area (Å²) in [5, 5.41) is 20.6. The fourth-order valence-corrected chi connectivity index (χ4v) is 3.16. The van der Waals surface area contributed by atoms with Crippen molar-refractivity contribution in [3.05, 3.63) is 71.3 Å². The molecule has 118 valence electrons. The van der Waals surface area contributed by atoms with Crippen LogP contribution in [0.5, 0.6) is 11.5 Å². The third-order valence-electron chi connectivity index (χ3n) is 3.94. The molecule has 0 atom stereocenters. The van der Waals surface area contributed by atoms with Gasteiger partial charge in [0.15, 0.2) is 0 Å². The van der Waals surface area contributed by atoms with Gasteiger partial charge in [0.25, 0.3) is 0 Å². The largest absolute Gasteiger partial charge is 0.507 e. The van der Waals surface area contributed by atoms with Crippen LogP contribution in [0.1, 0.15) is 0 Å². The van der Waals surface area contributed by atoms with E-state index in [4.69, 9.17) is 4.98 Å². The van der Waals surface area contributed by atoms with E-state index < -0.39 is 0 Å². The molecule has 2 N–H and O–H groups in total. The minimum absolute atomic E-state index is 0.144. The van der Waals surface area contributed by atoms with E-state index in [1.54, 1.807) is 18.2 Å². The van der Waals surface area contributed by atoms with Gasteiger partial charge in [-0.3, -0.25) is 4.40 Å². The number of phenolic OH excluding ortho intramolecular Hbond substituents is 2. The Morgan fingerprint density at radius 2 is 1.58 bits per heavy atom. The lowest BCUT2D eigenvalue weighted by molar-refractivity contribution is 0.474. The van der Waals surface area contributed by atoms with Crippen molar-refractivity contribution in [2.75, 3.05) is 0 Å². The summed E-state index contributed by atoms with van der Waals surface area (Å²) in [5.41, 5.74) is 2.78. The second-order valence-corrected chi connectivity index (χ2v) is 6.25. The zero-order valence-electron chi connectivity index (χ0n) is 12.5. The van der Waals surface area contributed by atoms with E-state index in [-0.39, 0.29) is 11.5 Å². The summed E-state index contributed by atoms with van der Waals surface area (Å²) < 4.78 is 2.52. The third-order valence-corrected chi connectivity index (χ3v) is 4.58. The number of imidazole rings is 1. The monoisotopic (exact) mass is 380 g/mol. The quantitative estimate of drug-likeness (QED) is 0.522. The number of hydrogen-bond acceptors (Lipinski definition) is 3. The Bertz CT molecular complexity index is 1060. The van der Waals surface area contributed by atoms with E-state index in [2.05, 4.69) is 15.9 Å². The summed E-state index contributed by atoms with van der Waals surface area (Å²) in [4.78, 5) is 4.71. The molecule has 0 amide bonds. The summed E-state index contributed by atoms with van der Waals surface area (Å²) >= 11 is 3.35. The van der Waals surface area contributed by atoms with Gasteiger partial charge in [0.2, 0.25) is 0 Å². The lowest BCUT2D eigenvalue weighted by Crippen LogP contribution is -1.88. The van der Waals surface area contributed by atoms with Crippen molar-refractivity contribution in [1.29, 1.82) is 0 Å². The zero-order valence-corrected chi connectivity index (χ0v) is 14.1. The van der Waals surface area contributed by atoms with Crippen LogP contribution in [-0.4, -0.2) is 19.6 Å². The lowest BCUT2D eigenvalue weighted by Gasteiger charge is -2.04. The van der Waals surface area contributed by atoms with Crippen molar-refractivity contribution in [2.24, 2.45) is 0 Å². The second kappa shape index (κ2) is 5.69. The highest BCUT2D eigenvalue weighted by atomic mass is 79.9. The molecule has 4 aromatic rings. The van der Waals surface area contributed by atoms with Gasteiger partial charge >= 0.3 is 0 Å². The first-order valence-electron chi connectivity index (χ1n) is 7.40. The third kappa shape index (κ3) is 2.25. The molecule has 5 heteroatoms. The van der Waals surface area contributed by atoms with Crippen LogP contribution in [0, 0.1) is 0 Å². The van der Waals surface area contributed by atoms with Crippen molar-refractivity contribution in [3.63, 3.8) is 0 Å². The summed E-state index contributed by atoms with van der Waals surface area (Å²) in [6.07, 6.45) is 1.89. The van der Waals surface area contributed by atoms with Crippen LogP contribution in [-0.2, 0) is 0 Å². The van der Waals surface area contributed by atoms with Crippen LogP contribution in [0.25, 0.3) is 28.2 Å². The summed E-state index contributed by atoms with van der Waals surface area (Å²) in [6, 6.07) is 18.3. The second-order valence-electron chi connectivity index (χ2n) is 5.39. The number of hydrogen-bond donors (Lipinski definition) is 2. The normalized spacial score (nSPS) is 11.0. The molecule has 0 saturated carbocycles. The SMILES string of the molecule is Oc1ccccc1-c1nc(-c2cccc(Br)c2O)c2ccccn12. The number of rotatable bonds is 2. The van der Waals surface area contributed by atoms with E-state index in [1.807, 2.05) is 53.1 Å². The molecule has 0 fully saturated rings. The van der Waals surface area contributed by atoms with Gasteiger partial charge in [0.05, 0.1) is 15.6 Å². The number of halogens is 1. The van der Waals surface area contributed by atoms with Crippen molar-refractivity contribution in [1.82, 2.24) is 9.38 Å². The molecule has 0 spiro atoms. The van der Waals surface area contributed by atoms with E-state index in [9.17, 15) is 10.2 Å². The lowest BCUT2D eigenvalue weighted by atomic mass is 10.1. The molecular formula is C19H13BrN2O2. The van der Waals surface area contributed by atoms with Crippen LogP contribution >= 0.6 is 15.9 Å². The number of fused-ring (bicyclic) bond motifs is 1. The van der Waals surface area contributed by atoms with Crippen LogP contribution < -0.4 is 0 Å².